The average molecular weight is 687 g/mol. The number of thiophene rings is 2. The van der Waals surface area contributed by atoms with E-state index < -0.39 is 12.6 Å². The van der Waals surface area contributed by atoms with Crippen LogP contribution in [0.1, 0.15) is 57.7 Å². The van der Waals surface area contributed by atoms with Crippen molar-refractivity contribution in [2.45, 2.75) is 32.1 Å². The molecule has 0 unspecified atom stereocenters. The molecule has 2 heterocycles. The highest BCUT2D eigenvalue weighted by Gasteiger charge is 2.15. The Hall–Kier alpha value is -3.95. The second kappa shape index (κ2) is 15.1. The maximum Gasteiger partial charge on any atom is 0.341 e. The van der Waals surface area contributed by atoms with Gasteiger partial charge in [-0.2, -0.15) is 0 Å². The van der Waals surface area contributed by atoms with Crippen LogP contribution in [0.25, 0.3) is 26.5 Å². The largest absolute Gasteiger partial charge is 0.480 e. The number of Topliss-reactive ketones (excluding diaryl/α,β-unsaturated/α-hetero) is 2. The standard InChI is InChI=1S/C37H31ClO5S3/c1-4-24(21-44-29-13-14-31(30(38)19-29)43-20-36(41)42)37(27-9-5-25(6-10-27)34-17-15-32(45-34)22(2)39)28-11-7-26(8-12-28)35-18-16-33(46-35)23(3)40/h5-19H,4,20-21H2,1-3H3,(H,41,42). The Bertz CT molecular complexity index is 1820. The van der Waals surface area contributed by atoms with E-state index in [1.165, 1.54) is 28.2 Å². The lowest BCUT2D eigenvalue weighted by Gasteiger charge is -2.17. The van der Waals surface area contributed by atoms with E-state index in [4.69, 9.17) is 21.4 Å². The fourth-order valence-corrected chi connectivity index (χ4v) is 8.06. The summed E-state index contributed by atoms with van der Waals surface area (Å²) in [5, 5.41) is 9.28. The molecule has 46 heavy (non-hydrogen) atoms. The van der Waals surface area contributed by atoms with Crippen molar-refractivity contribution < 1.29 is 24.2 Å². The van der Waals surface area contributed by atoms with Gasteiger partial charge in [0.15, 0.2) is 18.2 Å². The van der Waals surface area contributed by atoms with Gasteiger partial charge < -0.3 is 9.84 Å². The molecule has 3 aromatic carbocycles. The summed E-state index contributed by atoms with van der Waals surface area (Å²) in [7, 11) is 0. The Morgan fingerprint density at radius 3 is 1.70 bits per heavy atom. The van der Waals surface area contributed by atoms with Crippen molar-refractivity contribution in [1.82, 2.24) is 0 Å². The first-order valence-corrected chi connectivity index (χ1v) is 17.5. The summed E-state index contributed by atoms with van der Waals surface area (Å²) in [5.74, 6) is 0.114. The van der Waals surface area contributed by atoms with E-state index in [9.17, 15) is 14.4 Å². The number of halogens is 1. The lowest BCUT2D eigenvalue weighted by Crippen LogP contribution is -2.09. The minimum Gasteiger partial charge on any atom is -0.480 e. The summed E-state index contributed by atoms with van der Waals surface area (Å²) in [5.41, 5.74) is 6.68. The Kier molecular flexibility index (Phi) is 11.0. The van der Waals surface area contributed by atoms with E-state index in [1.54, 1.807) is 37.7 Å². The van der Waals surface area contributed by atoms with Crippen LogP contribution in [0.4, 0.5) is 0 Å². The number of carbonyl (C=O) groups is 3. The van der Waals surface area contributed by atoms with Crippen molar-refractivity contribution >= 4 is 69.1 Å². The van der Waals surface area contributed by atoms with Crippen LogP contribution in [-0.2, 0) is 4.79 Å². The third kappa shape index (κ3) is 8.06. The molecular weight excluding hydrogens is 656 g/mol. The van der Waals surface area contributed by atoms with Crippen LogP contribution in [0.5, 0.6) is 5.75 Å². The molecular formula is C37H31ClO5S3. The third-order valence-corrected chi connectivity index (χ3v) is 11.1. The number of carbonyl (C=O) groups excluding carboxylic acids is 2. The first-order chi connectivity index (χ1) is 22.1. The van der Waals surface area contributed by atoms with Crippen LogP contribution in [0.3, 0.4) is 0 Å². The van der Waals surface area contributed by atoms with Crippen molar-refractivity contribution in [3.8, 4) is 26.6 Å². The molecule has 5 rings (SSSR count). The van der Waals surface area contributed by atoms with Crippen LogP contribution < -0.4 is 4.74 Å². The van der Waals surface area contributed by atoms with Crippen molar-refractivity contribution in [3.63, 3.8) is 0 Å². The summed E-state index contributed by atoms with van der Waals surface area (Å²) in [6.45, 7) is 4.87. The zero-order valence-electron chi connectivity index (χ0n) is 25.5. The number of ether oxygens (including phenoxy) is 1. The Balaban J connectivity index is 1.48. The zero-order valence-corrected chi connectivity index (χ0v) is 28.7. The van der Waals surface area contributed by atoms with Gasteiger partial charge in [-0.15, -0.1) is 34.4 Å². The Morgan fingerprint density at radius 2 is 1.28 bits per heavy atom. The fraction of sp³-hybridized carbons (Fsp3) is 0.162. The molecule has 0 fully saturated rings. The van der Waals surface area contributed by atoms with Gasteiger partial charge in [-0.3, -0.25) is 9.59 Å². The Morgan fingerprint density at radius 1 is 0.761 bits per heavy atom. The van der Waals surface area contributed by atoms with Crippen molar-refractivity contribution in [2.75, 3.05) is 12.4 Å². The van der Waals surface area contributed by atoms with Crippen molar-refractivity contribution in [1.29, 1.82) is 0 Å². The molecule has 5 nitrogen and oxygen atoms in total. The van der Waals surface area contributed by atoms with Gasteiger partial charge in [0.2, 0.25) is 0 Å². The van der Waals surface area contributed by atoms with Crippen LogP contribution in [0.2, 0.25) is 5.02 Å². The minimum atomic E-state index is -1.06. The number of hydrogen-bond acceptors (Lipinski definition) is 7. The van der Waals surface area contributed by atoms with Crippen LogP contribution in [0.15, 0.2) is 101 Å². The number of hydrogen-bond donors (Lipinski definition) is 1. The first-order valence-electron chi connectivity index (χ1n) is 14.5. The number of thioether (sulfide) groups is 1. The van der Waals surface area contributed by atoms with Crippen LogP contribution in [0, 0.1) is 0 Å². The lowest BCUT2D eigenvalue weighted by atomic mass is 9.91. The topological polar surface area (TPSA) is 80.7 Å². The van der Waals surface area contributed by atoms with E-state index in [0.29, 0.717) is 16.5 Å². The fourth-order valence-electron chi connectivity index (χ4n) is 4.89. The van der Waals surface area contributed by atoms with Crippen molar-refractivity contribution in [2.24, 2.45) is 0 Å². The molecule has 9 heteroatoms. The molecule has 0 spiro atoms. The van der Waals surface area contributed by atoms with E-state index in [-0.39, 0.29) is 11.6 Å². The number of rotatable bonds is 13. The predicted molar refractivity (Wildman–Crippen MR) is 191 cm³/mol. The molecule has 234 valence electrons. The summed E-state index contributed by atoms with van der Waals surface area (Å²) >= 11 is 11.1. The highest BCUT2D eigenvalue weighted by atomic mass is 35.5. The second-order valence-electron chi connectivity index (χ2n) is 10.5. The Labute approximate surface area is 285 Å². The van der Waals surface area contributed by atoms with E-state index in [0.717, 1.165) is 58.7 Å². The molecule has 0 amide bonds. The zero-order chi connectivity index (χ0) is 32.8. The van der Waals surface area contributed by atoms with Crippen molar-refractivity contribution in [3.05, 3.63) is 122 Å². The maximum absolute atomic E-state index is 11.9. The number of carboxylic acid groups (broad SMARTS) is 1. The normalized spacial score (nSPS) is 10.9. The quantitative estimate of drug-likeness (QED) is 0.0980. The molecule has 0 saturated heterocycles. The summed E-state index contributed by atoms with van der Waals surface area (Å²) < 4.78 is 5.28. The SMILES string of the molecule is CCC(CSc1ccc(OCC(=O)O)c(Cl)c1)=C(c1ccc(-c2ccc(C(C)=O)s2)cc1)c1ccc(-c2ccc(C(C)=O)s2)cc1. The van der Waals surface area contributed by atoms with Gasteiger partial charge in [-0.1, -0.05) is 72.6 Å². The molecule has 0 bridgehead atoms. The first kappa shape index (κ1) is 33.4. The predicted octanol–water partition coefficient (Wildman–Crippen LogP) is 10.7. The lowest BCUT2D eigenvalue weighted by molar-refractivity contribution is -0.139. The van der Waals surface area contributed by atoms with Crippen LogP contribution in [-0.4, -0.2) is 35.0 Å². The van der Waals surface area contributed by atoms with Gasteiger partial charge in [0.05, 0.1) is 14.8 Å². The van der Waals surface area contributed by atoms with Gasteiger partial charge in [0.1, 0.15) is 5.75 Å². The van der Waals surface area contributed by atoms with Crippen LogP contribution >= 0.6 is 46.0 Å². The van der Waals surface area contributed by atoms with E-state index >= 15 is 0 Å². The minimum absolute atomic E-state index is 0.0652. The van der Waals surface area contributed by atoms with Gasteiger partial charge in [0.25, 0.3) is 0 Å². The maximum atomic E-state index is 11.9. The molecule has 0 aliphatic carbocycles. The smallest absolute Gasteiger partial charge is 0.341 e. The molecule has 2 aromatic heterocycles. The molecule has 0 radical (unpaired) electrons. The summed E-state index contributed by atoms with van der Waals surface area (Å²) in [6.07, 6.45) is 0.819. The number of carboxylic acids is 1. The van der Waals surface area contributed by atoms with Gasteiger partial charge in [-0.05, 0) is 90.6 Å². The monoisotopic (exact) mass is 686 g/mol. The highest BCUT2D eigenvalue weighted by molar-refractivity contribution is 7.99. The molecule has 0 aliphatic heterocycles. The number of ketones is 2. The van der Waals surface area contributed by atoms with E-state index in [2.05, 4.69) is 55.5 Å². The number of benzene rings is 3. The third-order valence-electron chi connectivity index (χ3n) is 7.27. The average Bonchev–Trinajstić information content (AvgIpc) is 3.74. The summed E-state index contributed by atoms with van der Waals surface area (Å²) in [4.78, 5) is 39.1. The molecule has 1 N–H and O–H groups in total. The van der Waals surface area contributed by atoms with Gasteiger partial charge in [0, 0.05) is 20.4 Å². The highest BCUT2D eigenvalue weighted by Crippen LogP contribution is 2.37. The molecule has 0 atom stereocenters. The van der Waals surface area contributed by atoms with Gasteiger partial charge in [-0.25, -0.2) is 4.79 Å². The molecule has 0 aliphatic rings. The summed E-state index contributed by atoms with van der Waals surface area (Å²) in [6, 6.07) is 30.1. The molecule has 5 aromatic rings. The van der Waals surface area contributed by atoms with Gasteiger partial charge >= 0.3 is 5.97 Å². The molecule has 0 saturated carbocycles. The number of aliphatic carboxylic acids is 1. The second-order valence-corrected chi connectivity index (χ2v) is 14.1. The van der Waals surface area contributed by atoms with E-state index in [1.807, 2.05) is 30.3 Å².